The van der Waals surface area contributed by atoms with Crippen LogP contribution >= 0.6 is 11.6 Å². The smallest absolute Gasteiger partial charge is 0.259 e. The molecule has 0 aromatic heterocycles. The normalized spacial score (nSPS) is 10.6. The predicted octanol–water partition coefficient (Wildman–Crippen LogP) is 2.93. The Morgan fingerprint density at radius 1 is 1.19 bits per heavy atom. The Morgan fingerprint density at radius 3 is 2.57 bits per heavy atom. The molecule has 0 aliphatic heterocycles. The predicted molar refractivity (Wildman–Crippen MR) is 86.9 cm³/mol. The quantitative estimate of drug-likeness (QED) is 0.682. The molecular formula is C16H16ClN3O. The van der Waals surface area contributed by atoms with Crippen molar-refractivity contribution >= 4 is 29.4 Å². The third-order valence-electron chi connectivity index (χ3n) is 2.88. The lowest BCUT2D eigenvalue weighted by molar-refractivity contribution is -0.119. The zero-order valence-electron chi connectivity index (χ0n) is 11.7. The summed E-state index contributed by atoms with van der Waals surface area (Å²) in [6.45, 7) is 0.226. The Balaban J connectivity index is 1.87. The molecule has 0 bridgehead atoms. The van der Waals surface area contributed by atoms with Crippen LogP contribution < -0.4 is 10.3 Å². The van der Waals surface area contributed by atoms with Gasteiger partial charge in [0, 0.05) is 23.3 Å². The standard InChI is InChI=1S/C16H16ClN3O/c1-20(14-8-3-2-4-9-14)12-16(21)19-18-11-13-7-5-6-10-15(13)17/h2-11H,12H2,1H3,(H,19,21)/b18-11+. The van der Waals surface area contributed by atoms with Crippen LogP contribution in [0.25, 0.3) is 0 Å². The second-order valence-corrected chi connectivity index (χ2v) is 4.91. The first kappa shape index (κ1) is 15.1. The molecule has 0 heterocycles. The van der Waals surface area contributed by atoms with Gasteiger partial charge < -0.3 is 4.90 Å². The van der Waals surface area contributed by atoms with E-state index in [4.69, 9.17) is 11.6 Å². The zero-order valence-corrected chi connectivity index (χ0v) is 12.4. The first-order valence-corrected chi connectivity index (χ1v) is 6.87. The molecule has 4 nitrogen and oxygen atoms in total. The largest absolute Gasteiger partial charge is 0.365 e. The van der Waals surface area contributed by atoms with E-state index in [-0.39, 0.29) is 12.5 Å². The van der Waals surface area contributed by atoms with Crippen LogP contribution in [0, 0.1) is 0 Å². The van der Waals surface area contributed by atoms with Gasteiger partial charge in [-0.25, -0.2) is 5.43 Å². The Morgan fingerprint density at radius 2 is 1.86 bits per heavy atom. The van der Waals surface area contributed by atoms with Crippen molar-refractivity contribution in [3.63, 3.8) is 0 Å². The van der Waals surface area contributed by atoms with Crippen molar-refractivity contribution in [2.45, 2.75) is 0 Å². The fourth-order valence-electron chi connectivity index (χ4n) is 1.78. The van der Waals surface area contributed by atoms with Crippen LogP contribution in [0.4, 0.5) is 5.69 Å². The summed E-state index contributed by atoms with van der Waals surface area (Å²) in [6, 6.07) is 17.0. The highest BCUT2D eigenvalue weighted by molar-refractivity contribution is 6.33. The second kappa shape index (κ2) is 7.45. The van der Waals surface area contributed by atoms with E-state index < -0.39 is 0 Å². The van der Waals surface area contributed by atoms with Gasteiger partial charge in [0.05, 0.1) is 12.8 Å². The number of hydrogen-bond acceptors (Lipinski definition) is 3. The van der Waals surface area contributed by atoms with Crippen molar-refractivity contribution in [3.8, 4) is 0 Å². The Kier molecular flexibility index (Phi) is 5.35. The highest BCUT2D eigenvalue weighted by atomic mass is 35.5. The summed E-state index contributed by atoms with van der Waals surface area (Å²) in [7, 11) is 1.85. The van der Waals surface area contributed by atoms with Gasteiger partial charge in [0.25, 0.3) is 5.91 Å². The van der Waals surface area contributed by atoms with Crippen molar-refractivity contribution in [1.82, 2.24) is 5.43 Å². The van der Waals surface area contributed by atoms with E-state index >= 15 is 0 Å². The molecular weight excluding hydrogens is 286 g/mol. The lowest BCUT2D eigenvalue weighted by atomic mass is 10.2. The van der Waals surface area contributed by atoms with Crippen LogP contribution in [0.5, 0.6) is 0 Å². The Bertz CT molecular complexity index is 628. The molecule has 2 aromatic carbocycles. The third-order valence-corrected chi connectivity index (χ3v) is 3.22. The minimum atomic E-state index is -0.190. The number of amides is 1. The molecule has 2 aromatic rings. The van der Waals surface area contributed by atoms with Crippen LogP contribution in [0.15, 0.2) is 59.7 Å². The maximum absolute atomic E-state index is 11.8. The fourth-order valence-corrected chi connectivity index (χ4v) is 1.96. The summed E-state index contributed by atoms with van der Waals surface area (Å²) in [5.41, 5.74) is 4.22. The van der Waals surface area contributed by atoms with E-state index in [2.05, 4.69) is 10.5 Å². The van der Waals surface area contributed by atoms with E-state index in [0.717, 1.165) is 11.3 Å². The summed E-state index contributed by atoms with van der Waals surface area (Å²) in [5.74, 6) is -0.190. The van der Waals surface area contributed by atoms with E-state index in [9.17, 15) is 4.79 Å². The molecule has 0 unspecified atom stereocenters. The van der Waals surface area contributed by atoms with Crippen LogP contribution in [0.2, 0.25) is 5.02 Å². The van der Waals surface area contributed by atoms with Gasteiger partial charge in [-0.3, -0.25) is 4.79 Å². The number of carbonyl (C=O) groups is 1. The van der Waals surface area contributed by atoms with Crippen molar-refractivity contribution in [1.29, 1.82) is 0 Å². The summed E-state index contributed by atoms with van der Waals surface area (Å²) in [6.07, 6.45) is 1.53. The number of likely N-dealkylation sites (N-methyl/N-ethyl adjacent to an activating group) is 1. The average Bonchev–Trinajstić information content (AvgIpc) is 2.50. The maximum atomic E-state index is 11.8. The van der Waals surface area contributed by atoms with Gasteiger partial charge in [-0.15, -0.1) is 0 Å². The lowest BCUT2D eigenvalue weighted by Gasteiger charge is -2.17. The highest BCUT2D eigenvalue weighted by Gasteiger charge is 2.05. The topological polar surface area (TPSA) is 44.7 Å². The number of benzene rings is 2. The third kappa shape index (κ3) is 4.61. The fraction of sp³-hybridized carbons (Fsp3) is 0.125. The molecule has 0 fully saturated rings. The van der Waals surface area contributed by atoms with Crippen LogP contribution in [0.3, 0.4) is 0 Å². The van der Waals surface area contributed by atoms with Crippen molar-refractivity contribution in [3.05, 3.63) is 65.2 Å². The van der Waals surface area contributed by atoms with Gasteiger partial charge >= 0.3 is 0 Å². The van der Waals surface area contributed by atoms with Crippen LogP contribution in [0.1, 0.15) is 5.56 Å². The Hall–Kier alpha value is -2.33. The van der Waals surface area contributed by atoms with E-state index in [0.29, 0.717) is 5.02 Å². The van der Waals surface area contributed by atoms with Crippen molar-refractivity contribution in [2.75, 3.05) is 18.5 Å². The van der Waals surface area contributed by atoms with Crippen LogP contribution in [-0.4, -0.2) is 25.7 Å². The second-order valence-electron chi connectivity index (χ2n) is 4.51. The number of nitrogens with one attached hydrogen (secondary N) is 1. The summed E-state index contributed by atoms with van der Waals surface area (Å²) < 4.78 is 0. The molecule has 1 amide bonds. The molecule has 108 valence electrons. The molecule has 0 aliphatic rings. The molecule has 0 spiro atoms. The molecule has 21 heavy (non-hydrogen) atoms. The van der Waals surface area contributed by atoms with E-state index in [1.165, 1.54) is 6.21 Å². The van der Waals surface area contributed by atoms with Crippen molar-refractivity contribution < 1.29 is 4.79 Å². The molecule has 2 rings (SSSR count). The number of anilines is 1. The Labute approximate surface area is 129 Å². The molecule has 0 aliphatic carbocycles. The number of para-hydroxylation sites is 1. The van der Waals surface area contributed by atoms with E-state index in [1.807, 2.05) is 60.5 Å². The zero-order chi connectivity index (χ0) is 15.1. The van der Waals surface area contributed by atoms with Crippen LogP contribution in [-0.2, 0) is 4.79 Å². The van der Waals surface area contributed by atoms with Gasteiger partial charge in [0.2, 0.25) is 0 Å². The number of nitrogens with zero attached hydrogens (tertiary/aromatic N) is 2. The first-order chi connectivity index (χ1) is 10.2. The van der Waals surface area contributed by atoms with E-state index in [1.54, 1.807) is 6.07 Å². The number of halogens is 1. The number of carbonyl (C=O) groups excluding carboxylic acids is 1. The summed E-state index contributed by atoms with van der Waals surface area (Å²) >= 11 is 5.99. The summed E-state index contributed by atoms with van der Waals surface area (Å²) in [5, 5.41) is 4.51. The molecule has 0 saturated carbocycles. The lowest BCUT2D eigenvalue weighted by Crippen LogP contribution is -2.32. The molecule has 1 N–H and O–H groups in total. The number of hydrogen-bond donors (Lipinski definition) is 1. The molecule has 5 heteroatoms. The van der Waals surface area contributed by atoms with Crippen molar-refractivity contribution in [2.24, 2.45) is 5.10 Å². The number of hydrazone groups is 1. The molecule has 0 radical (unpaired) electrons. The van der Waals surface area contributed by atoms with Gasteiger partial charge in [-0.2, -0.15) is 5.10 Å². The monoisotopic (exact) mass is 301 g/mol. The average molecular weight is 302 g/mol. The first-order valence-electron chi connectivity index (χ1n) is 6.49. The minimum absolute atomic E-state index is 0.190. The number of rotatable bonds is 5. The van der Waals surface area contributed by atoms with Gasteiger partial charge in [0.1, 0.15) is 0 Å². The highest BCUT2D eigenvalue weighted by Crippen LogP contribution is 2.12. The van der Waals surface area contributed by atoms with Gasteiger partial charge in [-0.1, -0.05) is 48.0 Å². The maximum Gasteiger partial charge on any atom is 0.259 e. The SMILES string of the molecule is CN(CC(=O)N/N=C/c1ccccc1Cl)c1ccccc1. The molecule has 0 saturated heterocycles. The molecule has 0 atom stereocenters. The minimum Gasteiger partial charge on any atom is -0.365 e. The van der Waals surface area contributed by atoms with Gasteiger partial charge in [-0.05, 0) is 18.2 Å². The summed E-state index contributed by atoms with van der Waals surface area (Å²) in [4.78, 5) is 13.6. The van der Waals surface area contributed by atoms with Gasteiger partial charge in [0.15, 0.2) is 0 Å².